The molecule has 25 heavy (non-hydrogen) atoms. The minimum atomic E-state index is -0.352. The van der Waals surface area contributed by atoms with Crippen LogP contribution in [0.1, 0.15) is 18.0 Å². The molecule has 7 nitrogen and oxygen atoms in total. The molecule has 8 heteroatoms. The van der Waals surface area contributed by atoms with Crippen LogP contribution in [0.5, 0.6) is 0 Å². The Morgan fingerprint density at radius 3 is 3.12 bits per heavy atom. The van der Waals surface area contributed by atoms with Crippen molar-refractivity contribution in [2.75, 3.05) is 13.1 Å². The van der Waals surface area contributed by atoms with Gasteiger partial charge in [0.2, 0.25) is 5.91 Å². The number of likely N-dealkylation sites (tertiary alicyclic amines) is 1. The number of hydrogen-bond donors (Lipinski definition) is 1. The summed E-state index contributed by atoms with van der Waals surface area (Å²) in [5.41, 5.74) is 1.52. The number of fused-ring (bicyclic) bond motifs is 1. The van der Waals surface area contributed by atoms with Gasteiger partial charge in [-0.05, 0) is 24.1 Å². The van der Waals surface area contributed by atoms with Crippen LogP contribution in [0, 0.1) is 5.82 Å². The third-order valence-electron chi connectivity index (χ3n) is 4.51. The van der Waals surface area contributed by atoms with Crippen molar-refractivity contribution >= 4 is 17.1 Å². The number of carbonyl (C=O) groups excluding carboxylic acids is 1. The molecule has 0 saturated carbocycles. The summed E-state index contributed by atoms with van der Waals surface area (Å²) in [5, 5.41) is 0. The van der Waals surface area contributed by atoms with Crippen LogP contribution in [0.4, 0.5) is 4.39 Å². The Hall–Kier alpha value is -3.03. The smallest absolute Gasteiger partial charge is 0.328 e. The number of amides is 1. The van der Waals surface area contributed by atoms with E-state index in [1.807, 2.05) is 0 Å². The highest BCUT2D eigenvalue weighted by Crippen LogP contribution is 2.23. The summed E-state index contributed by atoms with van der Waals surface area (Å²) in [7, 11) is 0. The van der Waals surface area contributed by atoms with Gasteiger partial charge >= 0.3 is 5.69 Å². The first kappa shape index (κ1) is 15.5. The van der Waals surface area contributed by atoms with E-state index in [1.54, 1.807) is 27.8 Å². The molecule has 1 aliphatic heterocycles. The zero-order valence-corrected chi connectivity index (χ0v) is 13.4. The minimum Gasteiger partial charge on any atom is -0.340 e. The minimum absolute atomic E-state index is 0.0735. The maximum atomic E-state index is 13.3. The topological polar surface area (TPSA) is 83.9 Å². The second-order valence-electron chi connectivity index (χ2n) is 6.15. The van der Waals surface area contributed by atoms with Crippen molar-refractivity contribution in [2.45, 2.75) is 18.9 Å². The first-order chi connectivity index (χ1) is 12.1. The number of halogens is 1. The van der Waals surface area contributed by atoms with Crippen molar-refractivity contribution in [2.24, 2.45) is 0 Å². The molecule has 1 atom stereocenters. The Bertz CT molecular complexity index is 996. The predicted molar refractivity (Wildman–Crippen MR) is 88.5 cm³/mol. The van der Waals surface area contributed by atoms with E-state index in [1.165, 1.54) is 18.5 Å². The van der Waals surface area contributed by atoms with Gasteiger partial charge in [0.1, 0.15) is 17.7 Å². The van der Waals surface area contributed by atoms with Gasteiger partial charge in [-0.1, -0.05) is 12.1 Å². The van der Waals surface area contributed by atoms with Crippen LogP contribution in [-0.4, -0.2) is 43.4 Å². The summed E-state index contributed by atoms with van der Waals surface area (Å²) in [6.07, 6.45) is 3.77. The largest absolute Gasteiger partial charge is 0.340 e. The highest BCUT2D eigenvalue weighted by atomic mass is 19.1. The van der Waals surface area contributed by atoms with E-state index < -0.39 is 0 Å². The fourth-order valence-electron chi connectivity index (χ4n) is 3.33. The molecule has 3 heterocycles. The molecule has 0 bridgehead atoms. The first-order valence-corrected chi connectivity index (χ1v) is 8.04. The van der Waals surface area contributed by atoms with Crippen LogP contribution < -0.4 is 5.69 Å². The Morgan fingerprint density at radius 1 is 1.40 bits per heavy atom. The predicted octanol–water partition coefficient (Wildman–Crippen LogP) is 1.27. The number of aromatic amines is 1. The van der Waals surface area contributed by atoms with Gasteiger partial charge in [-0.15, -0.1) is 0 Å². The number of aromatic nitrogens is 4. The number of carbonyl (C=O) groups is 1. The Labute approximate surface area is 142 Å². The number of nitrogens with zero attached hydrogens (tertiary/aromatic N) is 4. The number of hydrogen-bond acceptors (Lipinski definition) is 4. The van der Waals surface area contributed by atoms with E-state index in [4.69, 9.17) is 0 Å². The fraction of sp³-hybridized carbons (Fsp3) is 0.294. The lowest BCUT2D eigenvalue weighted by molar-refractivity contribution is -0.129. The van der Waals surface area contributed by atoms with E-state index in [2.05, 4.69) is 15.0 Å². The van der Waals surface area contributed by atoms with Gasteiger partial charge in [0, 0.05) is 13.1 Å². The molecule has 1 amide bonds. The molecule has 0 aliphatic carbocycles. The zero-order valence-electron chi connectivity index (χ0n) is 13.4. The summed E-state index contributed by atoms with van der Waals surface area (Å²) in [4.78, 5) is 37.2. The fourth-order valence-corrected chi connectivity index (χ4v) is 3.33. The van der Waals surface area contributed by atoms with Gasteiger partial charge in [-0.3, -0.25) is 9.36 Å². The Balaban J connectivity index is 1.52. The molecule has 2 aromatic heterocycles. The second-order valence-corrected chi connectivity index (χ2v) is 6.15. The van der Waals surface area contributed by atoms with Crippen molar-refractivity contribution in [1.82, 2.24) is 24.4 Å². The maximum Gasteiger partial charge on any atom is 0.328 e. The quantitative estimate of drug-likeness (QED) is 0.778. The molecule has 1 fully saturated rings. The highest BCUT2D eigenvalue weighted by molar-refractivity contribution is 5.79. The summed E-state index contributed by atoms with van der Waals surface area (Å²) in [5.74, 6) is -0.426. The third-order valence-corrected chi connectivity index (χ3v) is 4.51. The second kappa shape index (κ2) is 6.12. The summed E-state index contributed by atoms with van der Waals surface area (Å²) >= 11 is 0. The number of rotatable bonds is 3. The molecule has 1 aromatic carbocycles. The Kier molecular flexibility index (Phi) is 3.79. The first-order valence-electron chi connectivity index (χ1n) is 8.04. The lowest BCUT2D eigenvalue weighted by Crippen LogP contribution is -2.32. The van der Waals surface area contributed by atoms with Gasteiger partial charge in [0.25, 0.3) is 0 Å². The molecular formula is C17H16FN5O2. The van der Waals surface area contributed by atoms with E-state index in [0.717, 1.165) is 0 Å². The molecule has 128 valence electrons. The van der Waals surface area contributed by atoms with E-state index in [-0.39, 0.29) is 29.9 Å². The van der Waals surface area contributed by atoms with Gasteiger partial charge in [0.05, 0.1) is 18.7 Å². The normalized spacial score (nSPS) is 17.3. The van der Waals surface area contributed by atoms with Crippen molar-refractivity contribution in [3.05, 3.63) is 58.7 Å². The lowest BCUT2D eigenvalue weighted by Gasteiger charge is -2.17. The number of nitrogens with one attached hydrogen (secondary N) is 1. The monoisotopic (exact) mass is 341 g/mol. The molecule has 1 N–H and O–H groups in total. The van der Waals surface area contributed by atoms with Crippen molar-refractivity contribution in [3.63, 3.8) is 0 Å². The molecule has 0 spiro atoms. The van der Waals surface area contributed by atoms with E-state index in [9.17, 15) is 14.0 Å². The summed E-state index contributed by atoms with van der Waals surface area (Å²) in [6, 6.07) is 5.91. The van der Waals surface area contributed by atoms with Crippen molar-refractivity contribution < 1.29 is 9.18 Å². The van der Waals surface area contributed by atoms with Gasteiger partial charge in [-0.2, -0.15) is 0 Å². The number of H-pyrrole nitrogens is 1. The van der Waals surface area contributed by atoms with Crippen LogP contribution in [-0.2, 0) is 11.2 Å². The number of benzene rings is 1. The van der Waals surface area contributed by atoms with Crippen molar-refractivity contribution in [1.29, 1.82) is 0 Å². The summed E-state index contributed by atoms with van der Waals surface area (Å²) < 4.78 is 14.8. The van der Waals surface area contributed by atoms with Crippen LogP contribution in [0.3, 0.4) is 0 Å². The molecule has 4 rings (SSSR count). The van der Waals surface area contributed by atoms with Crippen LogP contribution >= 0.6 is 0 Å². The average Bonchev–Trinajstić information content (AvgIpc) is 3.18. The molecule has 1 unspecified atom stereocenters. The lowest BCUT2D eigenvalue weighted by atomic mass is 10.1. The molecule has 1 aliphatic rings. The van der Waals surface area contributed by atoms with Crippen LogP contribution in [0.15, 0.2) is 41.6 Å². The average molecular weight is 341 g/mol. The highest BCUT2D eigenvalue weighted by Gasteiger charge is 2.29. The van der Waals surface area contributed by atoms with Crippen LogP contribution in [0.25, 0.3) is 11.2 Å². The van der Waals surface area contributed by atoms with Crippen molar-refractivity contribution in [3.8, 4) is 0 Å². The van der Waals surface area contributed by atoms with Gasteiger partial charge in [-0.25, -0.2) is 19.2 Å². The number of imidazole rings is 1. The maximum absolute atomic E-state index is 13.3. The van der Waals surface area contributed by atoms with Gasteiger partial charge in [0.15, 0.2) is 5.65 Å². The standard InChI is InChI=1S/C17H16FN5O2/c18-12-3-1-2-11(6-12)7-15(24)22-5-4-13(9-22)23-16-14(21-17(23)25)8-19-10-20-16/h1-3,6,8,10,13H,4-5,7,9H2,(H,21,25). The SMILES string of the molecule is O=C(Cc1cccc(F)c1)N1CCC(n2c(=O)[nH]c3cncnc32)C1. The molecular weight excluding hydrogens is 325 g/mol. The summed E-state index contributed by atoms with van der Waals surface area (Å²) in [6.45, 7) is 0.994. The van der Waals surface area contributed by atoms with E-state index >= 15 is 0 Å². The molecule has 3 aromatic rings. The molecule has 1 saturated heterocycles. The zero-order chi connectivity index (χ0) is 17.4. The van der Waals surface area contributed by atoms with E-state index in [0.29, 0.717) is 36.2 Å². The molecule has 0 radical (unpaired) electrons. The Morgan fingerprint density at radius 2 is 2.28 bits per heavy atom. The third kappa shape index (κ3) is 2.90. The van der Waals surface area contributed by atoms with Gasteiger partial charge < -0.3 is 9.88 Å². The van der Waals surface area contributed by atoms with Crippen LogP contribution in [0.2, 0.25) is 0 Å².